The Bertz CT molecular complexity index is 839. The number of nitrogens with two attached hydrogens (primary N) is 1. The average molecular weight is 436 g/mol. The van der Waals surface area contributed by atoms with Crippen molar-refractivity contribution in [2.24, 2.45) is 5.73 Å². The zero-order valence-electron chi connectivity index (χ0n) is 18.2. The Hall–Kier alpha value is -3.28. The van der Waals surface area contributed by atoms with E-state index in [4.69, 9.17) is 15.2 Å². The maximum Gasteiger partial charge on any atom is 0.407 e. The Morgan fingerprint density at radius 3 is 2.55 bits per heavy atom. The summed E-state index contributed by atoms with van der Waals surface area (Å²) in [4.78, 5) is 34.2. The van der Waals surface area contributed by atoms with Crippen LogP contribution in [0.5, 0.6) is 5.75 Å². The number of esters is 1. The minimum atomic E-state index is -0.702. The van der Waals surface area contributed by atoms with E-state index in [1.165, 1.54) is 19.2 Å². The second-order valence-electron chi connectivity index (χ2n) is 7.65. The molecule has 0 spiro atoms. The molecule has 1 atom stereocenters. The third-order valence-electron chi connectivity index (χ3n) is 3.77. The molecule has 0 aliphatic heterocycles. The third kappa shape index (κ3) is 10.9. The number of hydrogen-bond acceptors (Lipinski definition) is 6. The van der Waals surface area contributed by atoms with Crippen LogP contribution in [0.4, 0.5) is 9.18 Å². The van der Waals surface area contributed by atoms with Crippen LogP contribution in [0.1, 0.15) is 52.0 Å². The Kier molecular flexibility index (Phi) is 10.3. The van der Waals surface area contributed by atoms with Crippen LogP contribution in [0, 0.1) is 17.7 Å². The van der Waals surface area contributed by atoms with Crippen LogP contribution in [-0.4, -0.2) is 43.3 Å². The molecule has 8 nitrogen and oxygen atoms in total. The van der Waals surface area contributed by atoms with Gasteiger partial charge in [0, 0.05) is 12.8 Å². The Balaban J connectivity index is 2.80. The van der Waals surface area contributed by atoms with Crippen molar-refractivity contribution in [3.05, 3.63) is 29.6 Å². The van der Waals surface area contributed by atoms with Crippen LogP contribution >= 0.6 is 0 Å². The van der Waals surface area contributed by atoms with E-state index >= 15 is 0 Å². The van der Waals surface area contributed by atoms with E-state index in [1.54, 1.807) is 26.8 Å². The minimum Gasteiger partial charge on any atom is -0.488 e. The fraction of sp³-hybridized carbons (Fsp3) is 0.500. The van der Waals surface area contributed by atoms with Crippen LogP contribution in [-0.2, 0) is 19.1 Å². The van der Waals surface area contributed by atoms with Crippen molar-refractivity contribution >= 4 is 18.0 Å². The standard InChI is InChI=1S/C22H29FN2O6/c1-22(2,3)31-21(28)25-16(12-13-18(24)26)14-30-17-10-7-9-15(20(17)23)8-5-6-11-19(27)29-4/h7,9-10,16H,6,11-14H2,1-4H3,(H2,24,26)(H,25,28)/t16-/m0/s1. The highest BCUT2D eigenvalue weighted by atomic mass is 19.1. The lowest BCUT2D eigenvalue weighted by Gasteiger charge is -2.23. The van der Waals surface area contributed by atoms with E-state index in [0.717, 1.165) is 0 Å². The van der Waals surface area contributed by atoms with E-state index in [1.807, 2.05) is 0 Å². The summed E-state index contributed by atoms with van der Waals surface area (Å²) in [6.07, 6.45) is -0.136. The Morgan fingerprint density at radius 1 is 1.23 bits per heavy atom. The zero-order valence-corrected chi connectivity index (χ0v) is 18.2. The molecular formula is C22H29FN2O6. The number of primary amides is 1. The number of benzene rings is 1. The zero-order chi connectivity index (χ0) is 23.4. The molecule has 1 aromatic carbocycles. The molecule has 1 aromatic rings. The molecule has 0 unspecified atom stereocenters. The van der Waals surface area contributed by atoms with E-state index in [-0.39, 0.29) is 43.6 Å². The van der Waals surface area contributed by atoms with E-state index in [9.17, 15) is 18.8 Å². The highest BCUT2D eigenvalue weighted by molar-refractivity contribution is 5.74. The van der Waals surface area contributed by atoms with Crippen molar-refractivity contribution in [1.82, 2.24) is 5.32 Å². The third-order valence-corrected chi connectivity index (χ3v) is 3.77. The molecule has 0 aliphatic carbocycles. The van der Waals surface area contributed by atoms with Crippen molar-refractivity contribution in [1.29, 1.82) is 0 Å². The van der Waals surface area contributed by atoms with Crippen LogP contribution in [0.15, 0.2) is 18.2 Å². The Labute approximate surface area is 181 Å². The molecule has 0 heterocycles. The van der Waals surface area contributed by atoms with Gasteiger partial charge in [0.25, 0.3) is 0 Å². The summed E-state index contributed by atoms with van der Waals surface area (Å²) in [7, 11) is 1.28. The molecular weight excluding hydrogens is 407 g/mol. The number of amides is 2. The van der Waals surface area contributed by atoms with Gasteiger partial charge >= 0.3 is 12.1 Å². The van der Waals surface area contributed by atoms with E-state index in [0.29, 0.717) is 0 Å². The van der Waals surface area contributed by atoms with E-state index in [2.05, 4.69) is 21.9 Å². The molecule has 3 N–H and O–H groups in total. The monoisotopic (exact) mass is 436 g/mol. The number of methoxy groups -OCH3 is 1. The second-order valence-corrected chi connectivity index (χ2v) is 7.65. The molecule has 1 rings (SSSR count). The maximum atomic E-state index is 14.7. The predicted octanol–water partition coefficient (Wildman–Crippen LogP) is 2.67. The number of halogens is 1. The van der Waals surface area contributed by atoms with Gasteiger partial charge in [-0.1, -0.05) is 17.9 Å². The van der Waals surface area contributed by atoms with E-state index < -0.39 is 35.4 Å². The fourth-order valence-electron chi connectivity index (χ4n) is 2.32. The molecule has 170 valence electrons. The summed E-state index contributed by atoms with van der Waals surface area (Å²) in [5.41, 5.74) is 4.59. The molecule has 0 radical (unpaired) electrons. The van der Waals surface area contributed by atoms with Gasteiger partial charge in [-0.15, -0.1) is 0 Å². The number of nitrogens with one attached hydrogen (secondary N) is 1. The first-order valence-electron chi connectivity index (χ1n) is 9.76. The summed E-state index contributed by atoms with van der Waals surface area (Å²) in [6.45, 7) is 5.04. The molecule has 0 aliphatic rings. The van der Waals surface area contributed by atoms with Gasteiger partial charge in [0.2, 0.25) is 5.91 Å². The topological polar surface area (TPSA) is 117 Å². The van der Waals surface area contributed by atoms with Crippen LogP contribution < -0.4 is 15.8 Å². The van der Waals surface area contributed by atoms with Gasteiger partial charge in [0.15, 0.2) is 11.6 Å². The van der Waals surface area contributed by atoms with Crippen LogP contribution in [0.2, 0.25) is 0 Å². The molecule has 0 saturated carbocycles. The lowest BCUT2D eigenvalue weighted by molar-refractivity contribution is -0.140. The van der Waals surface area contributed by atoms with Crippen molar-refractivity contribution in [2.45, 2.75) is 58.1 Å². The van der Waals surface area contributed by atoms with Gasteiger partial charge in [0.1, 0.15) is 12.2 Å². The summed E-state index contributed by atoms with van der Waals surface area (Å²) >= 11 is 0. The van der Waals surface area contributed by atoms with Gasteiger partial charge in [-0.05, 0) is 39.3 Å². The number of alkyl carbamates (subject to hydrolysis) is 1. The molecule has 0 fully saturated rings. The first kappa shape index (κ1) is 25.8. The molecule has 2 amide bonds. The number of carbonyl (C=O) groups excluding carboxylic acids is 3. The molecule has 0 bridgehead atoms. The number of hydrogen-bond donors (Lipinski definition) is 2. The van der Waals surface area contributed by atoms with Crippen molar-refractivity contribution in [3.8, 4) is 17.6 Å². The van der Waals surface area contributed by atoms with Crippen molar-refractivity contribution in [3.63, 3.8) is 0 Å². The lowest BCUT2D eigenvalue weighted by atomic mass is 10.1. The van der Waals surface area contributed by atoms with Gasteiger partial charge < -0.3 is 25.3 Å². The minimum absolute atomic E-state index is 0.0119. The summed E-state index contributed by atoms with van der Waals surface area (Å²) in [5.74, 6) is 3.70. The van der Waals surface area contributed by atoms with Gasteiger partial charge in [-0.25, -0.2) is 9.18 Å². The smallest absolute Gasteiger partial charge is 0.407 e. The quantitative estimate of drug-likeness (QED) is 0.454. The second kappa shape index (κ2) is 12.4. The SMILES string of the molecule is COC(=O)CCC#Cc1cccc(OC[C@H](CCC(N)=O)NC(=O)OC(C)(C)C)c1F. The number of carbonyl (C=O) groups is 3. The largest absolute Gasteiger partial charge is 0.488 e. The molecule has 0 saturated heterocycles. The van der Waals surface area contributed by atoms with Gasteiger partial charge in [0.05, 0.1) is 25.1 Å². The van der Waals surface area contributed by atoms with Crippen LogP contribution in [0.3, 0.4) is 0 Å². The average Bonchev–Trinajstić information content (AvgIpc) is 2.67. The summed E-state index contributed by atoms with van der Waals surface area (Å²) in [6, 6.07) is 3.85. The van der Waals surface area contributed by atoms with Crippen molar-refractivity contribution < 1.29 is 33.0 Å². The molecule has 31 heavy (non-hydrogen) atoms. The van der Waals surface area contributed by atoms with Gasteiger partial charge in [-0.2, -0.15) is 0 Å². The Morgan fingerprint density at radius 2 is 1.94 bits per heavy atom. The molecule has 9 heteroatoms. The first-order valence-corrected chi connectivity index (χ1v) is 9.76. The highest BCUT2D eigenvalue weighted by Crippen LogP contribution is 2.20. The van der Waals surface area contributed by atoms with Crippen molar-refractivity contribution in [2.75, 3.05) is 13.7 Å². The van der Waals surface area contributed by atoms with Crippen LogP contribution in [0.25, 0.3) is 0 Å². The van der Waals surface area contributed by atoms with Gasteiger partial charge in [-0.3, -0.25) is 9.59 Å². The molecule has 0 aromatic heterocycles. The number of rotatable bonds is 9. The summed E-state index contributed by atoms with van der Waals surface area (Å²) < 4.78 is 29.9. The first-order chi connectivity index (χ1) is 14.5. The number of ether oxygens (including phenoxy) is 3. The highest BCUT2D eigenvalue weighted by Gasteiger charge is 2.21. The lowest BCUT2D eigenvalue weighted by Crippen LogP contribution is -2.42. The maximum absolute atomic E-state index is 14.7. The normalized spacial score (nSPS) is 11.5. The fourth-order valence-corrected chi connectivity index (χ4v) is 2.32. The summed E-state index contributed by atoms with van der Waals surface area (Å²) in [5, 5.41) is 2.60. The predicted molar refractivity (Wildman–Crippen MR) is 112 cm³/mol.